The van der Waals surface area contributed by atoms with Gasteiger partial charge in [0.1, 0.15) is 0 Å². The molecule has 24 heavy (non-hydrogen) atoms. The lowest BCUT2D eigenvalue weighted by molar-refractivity contribution is -0.124. The van der Waals surface area contributed by atoms with E-state index in [4.69, 9.17) is 22.1 Å². The van der Waals surface area contributed by atoms with Gasteiger partial charge >= 0.3 is 0 Å². The third kappa shape index (κ3) is 5.60. The van der Waals surface area contributed by atoms with Crippen LogP contribution in [-0.4, -0.2) is 49.7 Å². The summed E-state index contributed by atoms with van der Waals surface area (Å²) in [5.74, 6) is -0.00765. The number of piperidine rings is 1. The summed E-state index contributed by atoms with van der Waals surface area (Å²) in [5.41, 5.74) is 6.78. The summed E-state index contributed by atoms with van der Waals surface area (Å²) in [7, 11) is 1.73. The predicted molar refractivity (Wildman–Crippen MR) is 99.7 cm³/mol. The van der Waals surface area contributed by atoms with E-state index < -0.39 is 0 Å². The van der Waals surface area contributed by atoms with Gasteiger partial charge in [0.25, 0.3) is 0 Å². The van der Waals surface area contributed by atoms with Crippen LogP contribution in [0.2, 0.25) is 5.02 Å². The minimum atomic E-state index is -0.121. The molecule has 2 rings (SSSR count). The Morgan fingerprint density at radius 1 is 1.50 bits per heavy atom. The van der Waals surface area contributed by atoms with Crippen molar-refractivity contribution in [2.45, 2.75) is 38.0 Å². The monoisotopic (exact) mass is 375 g/mol. The molecule has 0 bridgehead atoms. The standard InChI is InChI=1S/C17H26ClN3O2.ClH/c1-12(15-5-3-4-6-16(15)18)20-17(22)11-21-8-7-14(23-2)9-13(21)10-19;/h3-6,12-14H,7-11,19H2,1-2H3,(H,20,22);1H. The first kappa shape index (κ1) is 21.2. The average molecular weight is 376 g/mol. The third-order valence-corrected chi connectivity index (χ3v) is 4.84. The number of benzene rings is 1. The first-order chi connectivity index (χ1) is 11.0. The van der Waals surface area contributed by atoms with E-state index in [0.29, 0.717) is 18.1 Å². The van der Waals surface area contributed by atoms with Crippen LogP contribution in [0.5, 0.6) is 0 Å². The van der Waals surface area contributed by atoms with Gasteiger partial charge in [0.15, 0.2) is 0 Å². The number of nitrogens with one attached hydrogen (secondary N) is 1. The molecule has 1 fully saturated rings. The van der Waals surface area contributed by atoms with E-state index in [0.717, 1.165) is 24.9 Å². The van der Waals surface area contributed by atoms with Crippen molar-refractivity contribution in [3.8, 4) is 0 Å². The van der Waals surface area contributed by atoms with Crippen molar-refractivity contribution >= 4 is 29.9 Å². The van der Waals surface area contributed by atoms with Crippen LogP contribution in [0.4, 0.5) is 0 Å². The maximum atomic E-state index is 12.4. The summed E-state index contributed by atoms with van der Waals surface area (Å²) in [6.07, 6.45) is 2.05. The summed E-state index contributed by atoms with van der Waals surface area (Å²) < 4.78 is 5.41. The molecule has 1 aliphatic heterocycles. The average Bonchev–Trinajstić information content (AvgIpc) is 2.55. The second-order valence-electron chi connectivity index (χ2n) is 6.05. The first-order valence-corrected chi connectivity index (χ1v) is 8.43. The molecule has 136 valence electrons. The molecule has 1 amide bonds. The van der Waals surface area contributed by atoms with Crippen LogP contribution in [0.25, 0.3) is 0 Å². The maximum absolute atomic E-state index is 12.4. The minimum absolute atomic E-state index is 0. The van der Waals surface area contributed by atoms with Crippen molar-refractivity contribution in [3.05, 3.63) is 34.9 Å². The second-order valence-corrected chi connectivity index (χ2v) is 6.46. The molecule has 7 heteroatoms. The fourth-order valence-electron chi connectivity index (χ4n) is 3.11. The fraction of sp³-hybridized carbons (Fsp3) is 0.588. The van der Waals surface area contributed by atoms with Crippen molar-refractivity contribution in [2.75, 3.05) is 26.7 Å². The van der Waals surface area contributed by atoms with Crippen LogP contribution in [0.15, 0.2) is 24.3 Å². The third-order valence-electron chi connectivity index (χ3n) is 4.49. The number of methoxy groups -OCH3 is 1. The summed E-state index contributed by atoms with van der Waals surface area (Å²) in [4.78, 5) is 14.5. The van der Waals surface area contributed by atoms with Gasteiger partial charge in [-0.2, -0.15) is 0 Å². The number of nitrogens with zero attached hydrogens (tertiary/aromatic N) is 1. The molecule has 1 aromatic carbocycles. The lowest BCUT2D eigenvalue weighted by atomic mass is 9.99. The van der Waals surface area contributed by atoms with Gasteiger partial charge in [-0.25, -0.2) is 0 Å². The molecule has 0 radical (unpaired) electrons. The summed E-state index contributed by atoms with van der Waals surface area (Å²) in [6.45, 7) is 3.66. The Labute approximate surface area is 155 Å². The highest BCUT2D eigenvalue weighted by Gasteiger charge is 2.29. The van der Waals surface area contributed by atoms with E-state index in [1.807, 2.05) is 31.2 Å². The van der Waals surface area contributed by atoms with Crippen molar-refractivity contribution in [3.63, 3.8) is 0 Å². The molecule has 3 atom stereocenters. The number of ether oxygens (including phenoxy) is 1. The molecule has 1 saturated heterocycles. The topological polar surface area (TPSA) is 67.6 Å². The van der Waals surface area contributed by atoms with E-state index >= 15 is 0 Å². The van der Waals surface area contributed by atoms with Gasteiger partial charge < -0.3 is 15.8 Å². The lowest BCUT2D eigenvalue weighted by Gasteiger charge is -2.38. The fourth-order valence-corrected chi connectivity index (χ4v) is 3.41. The number of hydrogen-bond acceptors (Lipinski definition) is 4. The summed E-state index contributed by atoms with van der Waals surface area (Å²) >= 11 is 6.18. The Morgan fingerprint density at radius 3 is 2.83 bits per heavy atom. The molecule has 1 aromatic rings. The number of likely N-dealkylation sites (tertiary alicyclic amines) is 1. The van der Waals surface area contributed by atoms with Gasteiger partial charge in [-0.1, -0.05) is 29.8 Å². The molecular formula is C17H27Cl2N3O2. The van der Waals surface area contributed by atoms with E-state index in [1.54, 1.807) is 7.11 Å². The van der Waals surface area contributed by atoms with Gasteiger partial charge in [0.2, 0.25) is 5.91 Å². The molecule has 0 spiro atoms. The van der Waals surface area contributed by atoms with Crippen LogP contribution < -0.4 is 11.1 Å². The Morgan fingerprint density at radius 2 is 2.21 bits per heavy atom. The zero-order valence-corrected chi connectivity index (χ0v) is 15.8. The summed E-state index contributed by atoms with van der Waals surface area (Å²) in [6, 6.07) is 7.63. The van der Waals surface area contributed by atoms with E-state index in [1.165, 1.54) is 0 Å². The van der Waals surface area contributed by atoms with Crippen molar-refractivity contribution in [1.82, 2.24) is 10.2 Å². The molecule has 1 aliphatic rings. The molecule has 0 aromatic heterocycles. The van der Waals surface area contributed by atoms with Crippen LogP contribution in [0.1, 0.15) is 31.4 Å². The van der Waals surface area contributed by atoms with Crippen LogP contribution in [0.3, 0.4) is 0 Å². The Balaban J connectivity index is 0.00000288. The maximum Gasteiger partial charge on any atom is 0.234 e. The number of halogens is 2. The van der Waals surface area contributed by atoms with E-state index in [-0.39, 0.29) is 36.5 Å². The molecule has 0 aliphatic carbocycles. The normalized spacial score (nSPS) is 22.5. The Bertz CT molecular complexity index is 530. The smallest absolute Gasteiger partial charge is 0.234 e. The van der Waals surface area contributed by atoms with Crippen molar-refractivity contribution in [2.24, 2.45) is 5.73 Å². The number of carbonyl (C=O) groups excluding carboxylic acids is 1. The number of hydrogen-bond donors (Lipinski definition) is 2. The second kappa shape index (κ2) is 10.2. The van der Waals surface area contributed by atoms with Gasteiger partial charge in [0.05, 0.1) is 18.7 Å². The first-order valence-electron chi connectivity index (χ1n) is 8.05. The number of amides is 1. The van der Waals surface area contributed by atoms with E-state index in [2.05, 4.69) is 10.2 Å². The number of rotatable bonds is 6. The minimum Gasteiger partial charge on any atom is -0.381 e. The van der Waals surface area contributed by atoms with E-state index in [9.17, 15) is 4.79 Å². The molecule has 3 unspecified atom stereocenters. The van der Waals surface area contributed by atoms with Gasteiger partial charge in [-0.3, -0.25) is 9.69 Å². The Kier molecular flexibility index (Phi) is 9.02. The van der Waals surface area contributed by atoms with Crippen LogP contribution >= 0.6 is 24.0 Å². The highest BCUT2D eigenvalue weighted by Crippen LogP contribution is 2.22. The molecule has 5 nitrogen and oxygen atoms in total. The number of nitrogens with two attached hydrogens (primary N) is 1. The lowest BCUT2D eigenvalue weighted by Crippen LogP contribution is -2.51. The van der Waals surface area contributed by atoms with Crippen molar-refractivity contribution < 1.29 is 9.53 Å². The highest BCUT2D eigenvalue weighted by molar-refractivity contribution is 6.31. The van der Waals surface area contributed by atoms with Crippen LogP contribution in [-0.2, 0) is 9.53 Å². The molecule has 0 saturated carbocycles. The van der Waals surface area contributed by atoms with Crippen LogP contribution in [0, 0.1) is 0 Å². The van der Waals surface area contributed by atoms with Gasteiger partial charge in [-0.15, -0.1) is 12.4 Å². The van der Waals surface area contributed by atoms with Crippen molar-refractivity contribution in [1.29, 1.82) is 0 Å². The molecular weight excluding hydrogens is 349 g/mol. The Hall–Kier alpha value is -0.850. The van der Waals surface area contributed by atoms with Gasteiger partial charge in [0, 0.05) is 31.3 Å². The molecule has 3 N–H and O–H groups in total. The SMILES string of the molecule is COC1CCN(CC(=O)NC(C)c2ccccc2Cl)C(CN)C1.Cl. The predicted octanol–water partition coefficient (Wildman–Crippen LogP) is 2.38. The largest absolute Gasteiger partial charge is 0.381 e. The summed E-state index contributed by atoms with van der Waals surface area (Å²) in [5, 5.41) is 3.68. The quantitative estimate of drug-likeness (QED) is 0.800. The number of carbonyl (C=O) groups is 1. The molecule has 1 heterocycles. The van der Waals surface area contributed by atoms with Gasteiger partial charge in [-0.05, 0) is 31.4 Å². The zero-order chi connectivity index (χ0) is 16.8. The zero-order valence-electron chi connectivity index (χ0n) is 14.2. The highest BCUT2D eigenvalue weighted by atomic mass is 35.5.